The molecule has 0 spiro atoms. The van der Waals surface area contributed by atoms with Crippen molar-refractivity contribution < 1.29 is 9.53 Å². The van der Waals surface area contributed by atoms with Gasteiger partial charge in [0.25, 0.3) is 0 Å². The maximum atomic E-state index is 12.7. The van der Waals surface area contributed by atoms with Crippen molar-refractivity contribution in [2.45, 2.75) is 189 Å². The fourth-order valence-electron chi connectivity index (χ4n) is 11.2. The van der Waals surface area contributed by atoms with Crippen LogP contribution < -0.4 is 0 Å². The van der Waals surface area contributed by atoms with Crippen molar-refractivity contribution in [2.24, 2.45) is 52.3 Å². The Kier molecular flexibility index (Phi) is 12.6. The molecule has 0 aromatic rings. The van der Waals surface area contributed by atoms with Gasteiger partial charge in [0.2, 0.25) is 0 Å². The Hall–Kier alpha value is -0.530. The third-order valence-electron chi connectivity index (χ3n) is 13.6. The number of unbranched alkanes of at least 4 members (excludes halogenated alkanes) is 8. The molecule has 0 amide bonds. The lowest BCUT2D eigenvalue weighted by atomic mass is 9.44. The Morgan fingerprint density at radius 2 is 1.39 bits per heavy atom. The lowest BCUT2D eigenvalue weighted by molar-refractivity contribution is -0.162. The first kappa shape index (κ1) is 33.4. The van der Waals surface area contributed by atoms with Crippen LogP contribution in [0.25, 0.3) is 0 Å². The minimum atomic E-state index is 0.0863. The molecular weight excluding hydrogens is 500 g/mol. The lowest BCUT2D eigenvalue weighted by Gasteiger charge is -2.61. The summed E-state index contributed by atoms with van der Waals surface area (Å²) in [6, 6.07) is 0. The molecule has 2 heteroatoms. The van der Waals surface area contributed by atoms with Gasteiger partial charge in [-0.2, -0.15) is 0 Å². The van der Waals surface area contributed by atoms with Gasteiger partial charge in [0, 0.05) is 6.42 Å². The molecule has 4 rings (SSSR count). The maximum absolute atomic E-state index is 12.7. The molecule has 4 saturated carbocycles. The summed E-state index contributed by atoms with van der Waals surface area (Å²) in [5.74, 6) is 6.37. The van der Waals surface area contributed by atoms with Gasteiger partial charge in [-0.05, 0) is 116 Å². The second kappa shape index (κ2) is 15.5. The Morgan fingerprint density at radius 1 is 0.732 bits per heavy atom. The predicted molar refractivity (Wildman–Crippen MR) is 175 cm³/mol. The fourth-order valence-corrected chi connectivity index (χ4v) is 11.2. The molecule has 0 aliphatic heterocycles. The first-order chi connectivity index (χ1) is 19.7. The summed E-state index contributed by atoms with van der Waals surface area (Å²) in [7, 11) is 0. The van der Waals surface area contributed by atoms with Crippen LogP contribution in [0.4, 0.5) is 0 Å². The van der Waals surface area contributed by atoms with Crippen LogP contribution in [0.2, 0.25) is 0 Å². The zero-order valence-electron chi connectivity index (χ0n) is 28.5. The molecule has 4 aliphatic carbocycles. The molecule has 0 radical (unpaired) electrons. The highest BCUT2D eigenvalue weighted by Crippen LogP contribution is 2.68. The first-order valence-electron chi connectivity index (χ1n) is 18.9. The van der Waals surface area contributed by atoms with Crippen LogP contribution in [-0.2, 0) is 9.53 Å². The number of esters is 1. The van der Waals surface area contributed by atoms with Crippen LogP contribution in [0, 0.1) is 52.3 Å². The van der Waals surface area contributed by atoms with Gasteiger partial charge in [-0.15, -0.1) is 0 Å². The van der Waals surface area contributed by atoms with E-state index >= 15 is 0 Å². The van der Waals surface area contributed by atoms with E-state index in [2.05, 4.69) is 41.5 Å². The topological polar surface area (TPSA) is 26.3 Å². The lowest BCUT2D eigenvalue weighted by Crippen LogP contribution is -2.54. The second-order valence-electron chi connectivity index (χ2n) is 16.7. The van der Waals surface area contributed by atoms with E-state index in [9.17, 15) is 4.79 Å². The first-order valence-corrected chi connectivity index (χ1v) is 18.9. The van der Waals surface area contributed by atoms with E-state index in [1.165, 1.54) is 116 Å². The molecule has 0 unspecified atom stereocenters. The Balaban J connectivity index is 1.21. The van der Waals surface area contributed by atoms with Crippen LogP contribution in [0.5, 0.6) is 0 Å². The van der Waals surface area contributed by atoms with Crippen molar-refractivity contribution in [3.05, 3.63) is 0 Å². The SMILES string of the molecule is CCCCCCCCCCCC(=O)O[C@H]1CC[C@@]2(C)[C@@H](CC[C@@H]3[C@@H]2CC[C@]2(C)[C@@H]([C@H](C)CCCC(C)C)CC[C@@H]32)C1. The van der Waals surface area contributed by atoms with Crippen molar-refractivity contribution in [1.82, 2.24) is 0 Å². The zero-order chi connectivity index (χ0) is 29.5. The molecule has 0 aromatic carbocycles. The molecule has 0 heterocycles. The average molecular weight is 571 g/mol. The highest BCUT2D eigenvalue weighted by Gasteiger charge is 2.60. The minimum Gasteiger partial charge on any atom is -0.462 e. The predicted octanol–water partition coefficient (Wildman–Crippen LogP) is 11.9. The number of ether oxygens (including phenoxy) is 1. The molecule has 0 bridgehead atoms. The summed E-state index contributed by atoms with van der Waals surface area (Å²) in [6.45, 7) is 15.0. The second-order valence-corrected chi connectivity index (χ2v) is 16.7. The maximum Gasteiger partial charge on any atom is 0.306 e. The molecule has 2 nitrogen and oxygen atoms in total. The van der Waals surface area contributed by atoms with Crippen LogP contribution in [0.1, 0.15) is 183 Å². The van der Waals surface area contributed by atoms with Crippen LogP contribution in [0.3, 0.4) is 0 Å². The van der Waals surface area contributed by atoms with E-state index in [-0.39, 0.29) is 12.1 Å². The molecule has 4 aliphatic rings. The van der Waals surface area contributed by atoms with Crippen LogP contribution in [0.15, 0.2) is 0 Å². The van der Waals surface area contributed by atoms with Gasteiger partial charge in [-0.25, -0.2) is 0 Å². The number of hydrogen-bond acceptors (Lipinski definition) is 2. The normalized spacial score (nSPS) is 37.3. The summed E-state index contributed by atoms with van der Waals surface area (Å²) in [4.78, 5) is 12.7. The van der Waals surface area contributed by atoms with E-state index in [0.29, 0.717) is 17.3 Å². The van der Waals surface area contributed by atoms with Gasteiger partial charge in [-0.3, -0.25) is 4.79 Å². The van der Waals surface area contributed by atoms with Gasteiger partial charge in [-0.1, -0.05) is 112 Å². The highest BCUT2D eigenvalue weighted by atomic mass is 16.5. The number of rotatable bonds is 16. The summed E-state index contributed by atoms with van der Waals surface area (Å²) in [5.41, 5.74) is 1.06. The smallest absolute Gasteiger partial charge is 0.306 e. The van der Waals surface area contributed by atoms with Gasteiger partial charge >= 0.3 is 5.97 Å². The standard InChI is InChI=1S/C39H70O2/c1-7-8-9-10-11-12-13-14-15-19-37(40)41-32-24-26-38(5)31(28-32)20-21-33-35-23-22-34(30(4)18-16-17-29(2)3)39(35,6)27-25-36(33)38/h29-36H,7-28H2,1-6H3/t30-,31+,32+,33+,34-,35+,36+,38+,39-/m1/s1. The van der Waals surface area contributed by atoms with Crippen LogP contribution >= 0.6 is 0 Å². The Morgan fingerprint density at radius 3 is 2.10 bits per heavy atom. The van der Waals surface area contributed by atoms with Gasteiger partial charge in [0.05, 0.1) is 0 Å². The minimum absolute atomic E-state index is 0.0863. The van der Waals surface area contributed by atoms with Gasteiger partial charge < -0.3 is 4.74 Å². The monoisotopic (exact) mass is 571 g/mol. The van der Waals surface area contributed by atoms with Gasteiger partial charge in [0.1, 0.15) is 6.10 Å². The Labute approximate surface area is 256 Å². The van der Waals surface area contributed by atoms with E-state index in [4.69, 9.17) is 4.74 Å². The third-order valence-corrected chi connectivity index (χ3v) is 13.6. The zero-order valence-corrected chi connectivity index (χ0v) is 28.5. The molecule has 41 heavy (non-hydrogen) atoms. The molecule has 9 atom stereocenters. The van der Waals surface area contributed by atoms with Crippen molar-refractivity contribution in [2.75, 3.05) is 0 Å². The van der Waals surface area contributed by atoms with Crippen molar-refractivity contribution in [1.29, 1.82) is 0 Å². The average Bonchev–Trinajstić information content (AvgIpc) is 3.29. The van der Waals surface area contributed by atoms with Crippen LogP contribution in [-0.4, -0.2) is 12.1 Å². The summed E-state index contributed by atoms with van der Waals surface area (Å²) in [5, 5.41) is 0. The number of hydrogen-bond donors (Lipinski definition) is 0. The van der Waals surface area contributed by atoms with E-state index in [1.807, 2.05) is 0 Å². The van der Waals surface area contributed by atoms with Crippen molar-refractivity contribution in [3.8, 4) is 0 Å². The van der Waals surface area contributed by atoms with E-state index in [1.54, 1.807) is 0 Å². The summed E-state index contributed by atoms with van der Waals surface area (Å²) < 4.78 is 6.13. The van der Waals surface area contributed by atoms with E-state index in [0.717, 1.165) is 60.7 Å². The molecule has 0 N–H and O–H groups in total. The number of carbonyl (C=O) groups excluding carboxylic acids is 1. The summed E-state index contributed by atoms with van der Waals surface area (Å²) in [6.07, 6.45) is 29.0. The molecular formula is C39H70O2. The van der Waals surface area contributed by atoms with Gasteiger partial charge in [0.15, 0.2) is 0 Å². The molecule has 0 aromatic heterocycles. The Bertz CT molecular complexity index is 788. The van der Waals surface area contributed by atoms with E-state index < -0.39 is 0 Å². The number of carbonyl (C=O) groups is 1. The molecule has 4 fully saturated rings. The third kappa shape index (κ3) is 8.15. The largest absolute Gasteiger partial charge is 0.462 e. The quantitative estimate of drug-likeness (QED) is 0.136. The summed E-state index contributed by atoms with van der Waals surface area (Å²) >= 11 is 0. The molecule has 238 valence electrons. The van der Waals surface area contributed by atoms with Crippen molar-refractivity contribution >= 4 is 5.97 Å². The molecule has 0 saturated heterocycles. The van der Waals surface area contributed by atoms with Crippen molar-refractivity contribution in [3.63, 3.8) is 0 Å². The number of fused-ring (bicyclic) bond motifs is 5. The fraction of sp³-hybridized carbons (Fsp3) is 0.974. The highest BCUT2D eigenvalue weighted by molar-refractivity contribution is 5.69.